The maximum Gasteiger partial charge on any atom is 0.341 e. The molecule has 0 bridgehead atoms. The number of methoxy groups -OCH3 is 1. The monoisotopic (exact) mass is 532 g/mol. The largest absolute Gasteiger partial charge is 0.465 e. The van der Waals surface area contributed by atoms with E-state index in [0.717, 1.165) is 48.4 Å². The van der Waals surface area contributed by atoms with Gasteiger partial charge in [0.05, 0.1) is 19.0 Å². The van der Waals surface area contributed by atoms with E-state index in [-0.39, 0.29) is 0 Å². The van der Waals surface area contributed by atoms with Gasteiger partial charge in [-0.3, -0.25) is 9.88 Å². The standard InChI is InChI=1S/C35H36N2O3/c1-39-35(38)31-18-15-25(21-34(31)40-28-20-26-6-4-9-32(26)36-22-28)23-13-16-27(17-14-23)37-19-5-10-33(37)30-8-3-2-7-29(30)24-11-12-24/h2-4,6-8,13,15,18,20-22,24,27,33H,5,9-12,14,16-17,19H2,1H3. The first-order valence-electron chi connectivity index (χ1n) is 14.8. The number of likely N-dealkylation sites (tertiary alicyclic amines) is 1. The van der Waals surface area contributed by atoms with E-state index in [9.17, 15) is 4.79 Å². The van der Waals surface area contributed by atoms with Gasteiger partial charge in [-0.15, -0.1) is 0 Å². The molecule has 1 aliphatic heterocycles. The van der Waals surface area contributed by atoms with Gasteiger partial charge >= 0.3 is 5.97 Å². The number of fused-ring (bicyclic) bond motifs is 1. The third-order valence-electron chi connectivity index (χ3n) is 9.09. The molecular weight excluding hydrogens is 496 g/mol. The van der Waals surface area contributed by atoms with Crippen LogP contribution in [0.15, 0.2) is 66.9 Å². The fraction of sp³-hybridized carbons (Fsp3) is 0.371. The minimum absolute atomic E-state index is 0.403. The summed E-state index contributed by atoms with van der Waals surface area (Å²) in [6.45, 7) is 1.19. The van der Waals surface area contributed by atoms with Crippen molar-refractivity contribution >= 4 is 17.6 Å². The second-order valence-electron chi connectivity index (χ2n) is 11.6. The molecule has 7 rings (SSSR count). The van der Waals surface area contributed by atoms with Crippen molar-refractivity contribution in [2.45, 2.75) is 69.4 Å². The molecule has 5 heteroatoms. The third-order valence-corrected chi connectivity index (χ3v) is 9.09. The van der Waals surface area contributed by atoms with Gasteiger partial charge in [0.15, 0.2) is 0 Å². The van der Waals surface area contributed by atoms with Gasteiger partial charge in [-0.05, 0) is 103 Å². The van der Waals surface area contributed by atoms with E-state index < -0.39 is 5.97 Å². The summed E-state index contributed by atoms with van der Waals surface area (Å²) >= 11 is 0. The summed E-state index contributed by atoms with van der Waals surface area (Å²) in [6, 6.07) is 18.1. The summed E-state index contributed by atoms with van der Waals surface area (Å²) in [5.41, 5.74) is 8.13. The number of aromatic nitrogens is 1. The van der Waals surface area contributed by atoms with Crippen LogP contribution < -0.4 is 4.74 Å². The summed E-state index contributed by atoms with van der Waals surface area (Å²) in [7, 11) is 1.40. The van der Waals surface area contributed by atoms with Crippen molar-refractivity contribution in [2.24, 2.45) is 0 Å². The van der Waals surface area contributed by atoms with E-state index >= 15 is 0 Å². The van der Waals surface area contributed by atoms with Crippen molar-refractivity contribution in [2.75, 3.05) is 13.7 Å². The number of nitrogens with zero attached hydrogens (tertiary/aromatic N) is 2. The second kappa shape index (κ2) is 10.7. The van der Waals surface area contributed by atoms with Gasteiger partial charge in [-0.25, -0.2) is 4.79 Å². The van der Waals surface area contributed by atoms with Crippen LogP contribution in [-0.2, 0) is 11.2 Å². The second-order valence-corrected chi connectivity index (χ2v) is 11.6. The predicted octanol–water partition coefficient (Wildman–Crippen LogP) is 7.88. The number of ether oxygens (including phenoxy) is 2. The van der Waals surface area contributed by atoms with Gasteiger partial charge < -0.3 is 9.47 Å². The number of allylic oxidation sites excluding steroid dienone is 2. The molecular formula is C35H36N2O3. The maximum atomic E-state index is 12.6. The molecule has 204 valence electrons. The molecule has 0 radical (unpaired) electrons. The highest BCUT2D eigenvalue weighted by Gasteiger charge is 2.36. The van der Waals surface area contributed by atoms with Crippen LogP contribution in [0.1, 0.15) is 95.2 Å². The molecule has 0 amide bonds. The molecule has 2 unspecified atom stereocenters. The number of hydrogen-bond acceptors (Lipinski definition) is 5. The lowest BCUT2D eigenvalue weighted by Crippen LogP contribution is -2.36. The number of carbonyl (C=O) groups is 1. The smallest absolute Gasteiger partial charge is 0.341 e. The summed E-state index contributed by atoms with van der Waals surface area (Å²) in [5, 5.41) is 0. The molecule has 5 nitrogen and oxygen atoms in total. The van der Waals surface area contributed by atoms with Crippen molar-refractivity contribution in [3.8, 4) is 11.5 Å². The first-order chi connectivity index (χ1) is 19.7. The van der Waals surface area contributed by atoms with Crippen molar-refractivity contribution in [3.05, 3.63) is 100 Å². The molecule has 2 heterocycles. The van der Waals surface area contributed by atoms with E-state index in [4.69, 9.17) is 9.47 Å². The first-order valence-corrected chi connectivity index (χ1v) is 14.8. The van der Waals surface area contributed by atoms with Gasteiger partial charge in [-0.2, -0.15) is 0 Å². The zero-order chi connectivity index (χ0) is 27.1. The zero-order valence-electron chi connectivity index (χ0n) is 23.1. The molecule has 3 aliphatic carbocycles. The Morgan fingerprint density at radius 1 is 1.02 bits per heavy atom. The lowest BCUT2D eigenvalue weighted by Gasteiger charge is -2.36. The minimum Gasteiger partial charge on any atom is -0.465 e. The first kappa shape index (κ1) is 25.3. The normalized spacial score (nSPS) is 22.2. The van der Waals surface area contributed by atoms with Crippen LogP contribution in [0.3, 0.4) is 0 Å². The quantitative estimate of drug-likeness (QED) is 0.290. The summed E-state index contributed by atoms with van der Waals surface area (Å²) < 4.78 is 11.3. The van der Waals surface area contributed by atoms with Crippen LogP contribution in [0.4, 0.5) is 0 Å². The molecule has 2 fully saturated rings. The molecule has 4 aliphatic rings. The van der Waals surface area contributed by atoms with Gasteiger partial charge in [0, 0.05) is 18.5 Å². The Hall–Kier alpha value is -3.70. The Morgan fingerprint density at radius 2 is 1.90 bits per heavy atom. The Morgan fingerprint density at radius 3 is 2.70 bits per heavy atom. The van der Waals surface area contributed by atoms with Gasteiger partial charge in [0.25, 0.3) is 0 Å². The van der Waals surface area contributed by atoms with E-state index in [2.05, 4.69) is 52.4 Å². The number of rotatable bonds is 7. The molecule has 1 saturated carbocycles. The number of hydrogen-bond donors (Lipinski definition) is 0. The average molecular weight is 533 g/mol. The van der Waals surface area contributed by atoms with Crippen molar-refractivity contribution in [1.82, 2.24) is 9.88 Å². The van der Waals surface area contributed by atoms with Gasteiger partial charge in [0.1, 0.15) is 17.1 Å². The van der Waals surface area contributed by atoms with E-state index in [1.54, 1.807) is 17.3 Å². The van der Waals surface area contributed by atoms with E-state index in [1.165, 1.54) is 44.9 Å². The summed E-state index contributed by atoms with van der Waals surface area (Å²) in [5.74, 6) is 1.51. The van der Waals surface area contributed by atoms with Crippen molar-refractivity contribution in [1.29, 1.82) is 0 Å². The molecule has 0 spiro atoms. The Kier molecular flexibility index (Phi) is 6.76. The average Bonchev–Trinajstić information content (AvgIpc) is 3.54. The van der Waals surface area contributed by atoms with Crippen LogP contribution in [0.5, 0.6) is 11.5 Å². The highest BCUT2D eigenvalue weighted by Crippen LogP contribution is 2.47. The molecule has 3 aromatic rings. The van der Waals surface area contributed by atoms with E-state index in [1.807, 2.05) is 24.3 Å². The molecule has 1 aromatic heterocycles. The number of benzene rings is 2. The zero-order valence-corrected chi connectivity index (χ0v) is 23.1. The molecule has 1 saturated heterocycles. The van der Waals surface area contributed by atoms with Crippen LogP contribution in [0, 0.1) is 0 Å². The molecule has 0 N–H and O–H groups in total. The SMILES string of the molecule is COC(=O)c1ccc(C2=CCC(N3CCCC3c3ccccc3C3CC3)CC2)cc1Oc1cnc2c(c1)C=CC2. The number of carbonyl (C=O) groups excluding carboxylic acids is 1. The Labute approximate surface area is 236 Å². The fourth-order valence-corrected chi connectivity index (χ4v) is 6.89. The third kappa shape index (κ3) is 4.88. The fourth-order valence-electron chi connectivity index (χ4n) is 6.89. The van der Waals surface area contributed by atoms with Crippen LogP contribution in [0.25, 0.3) is 11.6 Å². The van der Waals surface area contributed by atoms with Crippen molar-refractivity contribution in [3.63, 3.8) is 0 Å². The summed E-state index contributed by atoms with van der Waals surface area (Å²) in [6.07, 6.45) is 17.6. The molecule has 2 aromatic carbocycles. The minimum atomic E-state index is -0.403. The van der Waals surface area contributed by atoms with Gasteiger partial charge in [0.2, 0.25) is 0 Å². The van der Waals surface area contributed by atoms with Crippen LogP contribution in [0.2, 0.25) is 0 Å². The number of esters is 1. The summed E-state index contributed by atoms with van der Waals surface area (Å²) in [4.78, 5) is 19.9. The molecule has 2 atom stereocenters. The highest BCUT2D eigenvalue weighted by atomic mass is 16.5. The highest BCUT2D eigenvalue weighted by molar-refractivity contribution is 5.93. The molecule has 40 heavy (non-hydrogen) atoms. The lowest BCUT2D eigenvalue weighted by atomic mass is 9.88. The predicted molar refractivity (Wildman–Crippen MR) is 158 cm³/mol. The Balaban J connectivity index is 1.11. The van der Waals surface area contributed by atoms with Crippen LogP contribution >= 0.6 is 0 Å². The van der Waals surface area contributed by atoms with Crippen molar-refractivity contribution < 1.29 is 14.3 Å². The van der Waals surface area contributed by atoms with Gasteiger partial charge in [-0.1, -0.05) is 48.6 Å². The topological polar surface area (TPSA) is 51.7 Å². The number of pyridine rings is 1. The van der Waals surface area contributed by atoms with Crippen LogP contribution in [-0.4, -0.2) is 35.5 Å². The maximum absolute atomic E-state index is 12.6. The lowest BCUT2D eigenvalue weighted by molar-refractivity contribution is 0.0598. The van der Waals surface area contributed by atoms with E-state index in [0.29, 0.717) is 29.1 Å². The Bertz CT molecular complexity index is 1500.